The number of aliphatic imine (C=N–C) groups is 1. The number of aromatic amines is 1. The van der Waals surface area contributed by atoms with E-state index in [-0.39, 0.29) is 18.4 Å². The molecule has 1 aromatic heterocycles. The van der Waals surface area contributed by atoms with Gasteiger partial charge in [-0.05, 0) is 23.8 Å². The van der Waals surface area contributed by atoms with Gasteiger partial charge in [-0.2, -0.15) is 4.99 Å². The predicted octanol–water partition coefficient (Wildman–Crippen LogP) is 2.47. The molecule has 1 aliphatic carbocycles. The van der Waals surface area contributed by atoms with Crippen LogP contribution in [0.2, 0.25) is 5.02 Å². The zero-order valence-corrected chi connectivity index (χ0v) is 13.2. The number of nitrogens with zero attached hydrogens (tertiary/aromatic N) is 1. The fourth-order valence-electron chi connectivity index (χ4n) is 2.91. The molecule has 0 bridgehead atoms. The minimum absolute atomic E-state index is 0.173. The number of rotatable bonds is 3. The highest BCUT2D eigenvalue weighted by Gasteiger charge is 2.28. The smallest absolute Gasteiger partial charge is 0.342 e. The molecule has 7 heteroatoms. The summed E-state index contributed by atoms with van der Waals surface area (Å²) in [5, 5.41) is 7.13. The lowest BCUT2D eigenvalue weighted by Crippen LogP contribution is -2.37. The van der Waals surface area contributed by atoms with Gasteiger partial charge in [0.05, 0.1) is 23.9 Å². The van der Waals surface area contributed by atoms with E-state index in [0.29, 0.717) is 16.4 Å². The Morgan fingerprint density at radius 3 is 3.12 bits per heavy atom. The Hall–Kier alpha value is -2.86. The quantitative estimate of drug-likeness (QED) is 0.801. The third-order valence-corrected chi connectivity index (χ3v) is 4.23. The van der Waals surface area contributed by atoms with Gasteiger partial charge in [0.1, 0.15) is 0 Å². The van der Waals surface area contributed by atoms with Crippen LogP contribution in [-0.2, 0) is 11.2 Å². The molecule has 1 aromatic carbocycles. The maximum absolute atomic E-state index is 12.4. The average Bonchev–Trinajstić information content (AvgIpc) is 3.10. The molecule has 1 aliphatic heterocycles. The molecule has 0 spiro atoms. The molecule has 2 heterocycles. The van der Waals surface area contributed by atoms with Crippen molar-refractivity contribution >= 4 is 40.2 Å². The molecule has 0 fully saturated rings. The minimum Gasteiger partial charge on any atom is -0.361 e. The van der Waals surface area contributed by atoms with E-state index >= 15 is 0 Å². The second-order valence-electron chi connectivity index (χ2n) is 5.62. The van der Waals surface area contributed by atoms with E-state index < -0.39 is 6.03 Å². The van der Waals surface area contributed by atoms with Crippen molar-refractivity contribution in [2.75, 3.05) is 0 Å². The zero-order chi connectivity index (χ0) is 16.7. The molecule has 2 aliphatic rings. The molecule has 4 rings (SSSR count). The number of aromatic nitrogens is 1. The predicted molar refractivity (Wildman–Crippen MR) is 92.1 cm³/mol. The Balaban J connectivity index is 1.52. The number of carbonyl (C=O) groups is 2. The van der Waals surface area contributed by atoms with Gasteiger partial charge < -0.3 is 15.6 Å². The van der Waals surface area contributed by atoms with Crippen LogP contribution in [0.15, 0.2) is 53.3 Å². The van der Waals surface area contributed by atoms with Crippen LogP contribution in [0.5, 0.6) is 0 Å². The number of nitrogens with one attached hydrogen (secondary N) is 3. The summed E-state index contributed by atoms with van der Waals surface area (Å²) in [7, 11) is 0. The van der Waals surface area contributed by atoms with Gasteiger partial charge in [-0.15, -0.1) is 0 Å². The molecule has 3 N–H and O–H groups in total. The number of H-pyrrole nitrogens is 1. The lowest BCUT2D eigenvalue weighted by molar-refractivity contribution is -0.119. The van der Waals surface area contributed by atoms with Gasteiger partial charge in [0.15, 0.2) is 0 Å². The van der Waals surface area contributed by atoms with E-state index in [1.807, 2.05) is 18.2 Å². The number of hydrogen-bond donors (Lipinski definition) is 3. The summed E-state index contributed by atoms with van der Waals surface area (Å²) in [6, 6.07) is 4.84. The molecule has 0 radical (unpaired) electrons. The van der Waals surface area contributed by atoms with Crippen molar-refractivity contribution < 1.29 is 9.59 Å². The first kappa shape index (κ1) is 14.7. The van der Waals surface area contributed by atoms with Crippen LogP contribution in [0.25, 0.3) is 10.9 Å². The van der Waals surface area contributed by atoms with E-state index in [1.54, 1.807) is 24.4 Å². The number of halogens is 1. The second kappa shape index (κ2) is 5.65. The lowest BCUT2D eigenvalue weighted by atomic mass is 10.0. The maximum Gasteiger partial charge on any atom is 0.342 e. The van der Waals surface area contributed by atoms with Crippen molar-refractivity contribution in [2.24, 2.45) is 4.99 Å². The third-order valence-electron chi connectivity index (χ3n) is 3.99. The minimum atomic E-state index is -0.393. The fourth-order valence-corrected chi connectivity index (χ4v) is 3.08. The summed E-state index contributed by atoms with van der Waals surface area (Å²) in [6.07, 6.45) is 7.36. The Kier molecular flexibility index (Phi) is 3.46. The number of amides is 3. The number of fused-ring (bicyclic) bond motifs is 2. The van der Waals surface area contributed by atoms with E-state index in [1.165, 1.54) is 0 Å². The number of allylic oxidation sites excluding steroid dienone is 2. The van der Waals surface area contributed by atoms with Crippen LogP contribution in [0.4, 0.5) is 4.79 Å². The van der Waals surface area contributed by atoms with Crippen molar-refractivity contribution in [2.45, 2.75) is 12.5 Å². The van der Waals surface area contributed by atoms with Gasteiger partial charge in [-0.3, -0.25) is 4.79 Å². The van der Waals surface area contributed by atoms with Gasteiger partial charge in [-0.1, -0.05) is 29.8 Å². The van der Waals surface area contributed by atoms with Crippen LogP contribution >= 0.6 is 11.6 Å². The van der Waals surface area contributed by atoms with Gasteiger partial charge in [0, 0.05) is 22.1 Å². The number of hydrogen-bond acceptors (Lipinski definition) is 2. The molecule has 0 saturated carbocycles. The maximum atomic E-state index is 12.4. The molecule has 1 atom stereocenters. The molecule has 120 valence electrons. The number of urea groups is 1. The average molecular weight is 341 g/mol. The van der Waals surface area contributed by atoms with Crippen molar-refractivity contribution in [3.8, 4) is 0 Å². The van der Waals surface area contributed by atoms with Crippen LogP contribution in [0.3, 0.4) is 0 Å². The van der Waals surface area contributed by atoms with E-state index in [4.69, 9.17) is 11.6 Å². The molecular formula is C17H13ClN4O2. The number of benzene rings is 1. The standard InChI is InChI=1S/C17H13ClN4O2/c18-10-4-5-11-9(8-19-14(11)7-10)6-15(23)20-12-2-1-3-13-16(12)22-17(24)21-13/h1-5,7-8,13,19H,6H2,(H,20,23)(H,21,24). The second-order valence-corrected chi connectivity index (χ2v) is 6.05. The Morgan fingerprint density at radius 1 is 1.38 bits per heavy atom. The van der Waals surface area contributed by atoms with Crippen molar-refractivity contribution in [1.29, 1.82) is 0 Å². The van der Waals surface area contributed by atoms with E-state index in [0.717, 1.165) is 16.5 Å². The normalized spacial score (nSPS) is 18.9. The molecule has 0 saturated heterocycles. The summed E-state index contributed by atoms with van der Waals surface area (Å²) in [6.45, 7) is 0. The van der Waals surface area contributed by atoms with Crippen LogP contribution in [0.1, 0.15) is 5.56 Å². The summed E-state index contributed by atoms with van der Waals surface area (Å²) >= 11 is 5.97. The summed E-state index contributed by atoms with van der Waals surface area (Å²) in [5.74, 6) is -0.173. The Morgan fingerprint density at radius 2 is 2.25 bits per heavy atom. The Labute approximate surface area is 142 Å². The Bertz CT molecular complexity index is 955. The van der Waals surface area contributed by atoms with Crippen molar-refractivity contribution in [1.82, 2.24) is 15.6 Å². The summed E-state index contributed by atoms with van der Waals surface area (Å²) in [4.78, 5) is 30.8. The first-order chi connectivity index (χ1) is 11.6. The third kappa shape index (κ3) is 2.61. The monoisotopic (exact) mass is 340 g/mol. The lowest BCUT2D eigenvalue weighted by Gasteiger charge is -2.16. The summed E-state index contributed by atoms with van der Waals surface area (Å²) < 4.78 is 0. The molecule has 2 aromatic rings. The highest BCUT2D eigenvalue weighted by Crippen LogP contribution is 2.22. The van der Waals surface area contributed by atoms with E-state index in [2.05, 4.69) is 20.6 Å². The fraction of sp³-hybridized carbons (Fsp3) is 0.118. The molecule has 1 unspecified atom stereocenters. The van der Waals surface area contributed by atoms with Crippen molar-refractivity contribution in [3.05, 3.63) is 58.9 Å². The summed E-state index contributed by atoms with van der Waals surface area (Å²) in [5.41, 5.74) is 2.86. The largest absolute Gasteiger partial charge is 0.361 e. The van der Waals surface area contributed by atoms with Crippen LogP contribution in [-0.4, -0.2) is 28.7 Å². The molecule has 3 amide bonds. The van der Waals surface area contributed by atoms with Gasteiger partial charge in [0.25, 0.3) is 0 Å². The number of carbonyl (C=O) groups excluding carboxylic acids is 2. The molecular weight excluding hydrogens is 328 g/mol. The SMILES string of the molecule is O=C(Cc1c[nH]c2cc(Cl)ccc12)NC1=CC=CC2NC(=O)N=C12. The van der Waals surface area contributed by atoms with Gasteiger partial charge in [-0.25, -0.2) is 4.79 Å². The topological polar surface area (TPSA) is 86.4 Å². The molecule has 6 nitrogen and oxygen atoms in total. The van der Waals surface area contributed by atoms with Gasteiger partial charge in [0.2, 0.25) is 5.91 Å². The first-order valence-corrected chi connectivity index (χ1v) is 7.81. The van der Waals surface area contributed by atoms with Crippen LogP contribution < -0.4 is 10.6 Å². The zero-order valence-electron chi connectivity index (χ0n) is 12.5. The first-order valence-electron chi connectivity index (χ1n) is 7.43. The van der Waals surface area contributed by atoms with E-state index in [9.17, 15) is 9.59 Å². The van der Waals surface area contributed by atoms with Crippen LogP contribution in [0, 0.1) is 0 Å². The highest BCUT2D eigenvalue weighted by molar-refractivity contribution is 6.31. The molecule has 24 heavy (non-hydrogen) atoms. The van der Waals surface area contributed by atoms with Gasteiger partial charge >= 0.3 is 6.03 Å². The highest BCUT2D eigenvalue weighted by atomic mass is 35.5. The van der Waals surface area contributed by atoms with Crippen molar-refractivity contribution in [3.63, 3.8) is 0 Å².